The molecule has 0 aliphatic carbocycles. The highest BCUT2D eigenvalue weighted by atomic mass is 13.4. The highest BCUT2D eigenvalue weighted by Crippen LogP contribution is 2.16. The Labute approximate surface area is 240 Å². The second kappa shape index (κ2) is 16.3. The summed E-state index contributed by atoms with van der Waals surface area (Å²) in [7, 11) is 105. The summed E-state index contributed by atoms with van der Waals surface area (Å²) in [5, 5.41) is 0. The van der Waals surface area contributed by atoms with Gasteiger partial charge in [-0.1, -0.05) is 7.74 Å². The Balaban J connectivity index is 7.58. The minimum atomic E-state index is -1.08. The Hall–Kier alpha value is 2.21. The monoisotopic (exact) mass is 377 g/mol. The largest absolute Gasteiger partial charge is 0.128 e. The van der Waals surface area contributed by atoms with Gasteiger partial charge in [-0.15, -0.1) is 6.39 Å². The van der Waals surface area contributed by atoms with Crippen LogP contribution in [0.1, 0.15) is 0 Å². The van der Waals surface area contributed by atoms with Crippen LogP contribution in [0.5, 0.6) is 0 Å². The van der Waals surface area contributed by atoms with Gasteiger partial charge in [0.25, 0.3) is 0 Å². The van der Waals surface area contributed by atoms with Gasteiger partial charge in [-0.2, -0.15) is 0 Å². The third-order valence-electron chi connectivity index (χ3n) is 6.44. The fraction of sp³-hybridized carbons (Fsp3) is 0. The molecule has 0 unspecified atom stereocenters. The lowest BCUT2D eigenvalue weighted by Crippen LogP contribution is -2.90. The van der Waals surface area contributed by atoms with Gasteiger partial charge in [0.1, 0.15) is 0 Å². The van der Waals surface area contributed by atoms with Crippen molar-refractivity contribution in [1.29, 1.82) is 0 Å². The Morgan fingerprint density at radius 2 is 0.412 bits per heavy atom. The molecule has 0 bridgehead atoms. The number of rotatable bonds is 15. The molecule has 0 nitrogen and oxygen atoms in total. The van der Waals surface area contributed by atoms with E-state index >= 15 is 0 Å². The SMILES string of the molecule is [B]B([B])B(B([B])[B])B(B(B([B])[B])B([B])[B])B(B(B([B])[B])B([B])[B])B(B([B])[B])B(B([B])[B])B([B])[BH3-]. The van der Waals surface area contributed by atoms with Crippen molar-refractivity contribution >= 4 is 241 Å². The van der Waals surface area contributed by atoms with Crippen LogP contribution in [0.4, 0.5) is 0 Å². The van der Waals surface area contributed by atoms with E-state index in [4.69, 9.17) is 132 Å². The molecular formula is H3B34-. The molecule has 0 aliphatic heterocycles. The molecule has 0 fully saturated rings. The molecule has 0 amide bonds. The highest BCUT2D eigenvalue weighted by molar-refractivity contribution is 8.29. The number of hydrogen-bond acceptors (Lipinski definition) is 0. The van der Waals surface area contributed by atoms with Gasteiger partial charge in [-0.25, -0.2) is 0 Å². The molecule has 0 N–H and O–H groups in total. The maximum atomic E-state index is 6.38. The first kappa shape index (κ1) is 36.2. The molecular weight excluding hydrogens is 368 g/mol. The quantitative estimate of drug-likeness (QED) is 0.251. The molecule has 106 valence electrons. The van der Waals surface area contributed by atoms with Gasteiger partial charge in [0.2, 0.25) is 0 Å². The zero-order valence-corrected chi connectivity index (χ0v) is 19.1. The Morgan fingerprint density at radius 3 is 0.559 bits per heavy atom. The Kier molecular flexibility index (Phi) is 17.4. The summed E-state index contributed by atoms with van der Waals surface area (Å²) < 4.78 is 0. The summed E-state index contributed by atoms with van der Waals surface area (Å²) >= 11 is 0. The van der Waals surface area contributed by atoms with E-state index in [0.29, 0.717) is 0 Å². The first-order chi connectivity index (χ1) is 15.4. The second-order valence-electron chi connectivity index (χ2n) is 8.85. The molecule has 0 saturated heterocycles. The van der Waals surface area contributed by atoms with Crippen molar-refractivity contribution in [2.24, 2.45) is 0 Å². The van der Waals surface area contributed by atoms with Gasteiger partial charge in [0.05, 0.1) is 0 Å². The van der Waals surface area contributed by atoms with Gasteiger partial charge in [-0.05, 0) is 227 Å². The summed E-state index contributed by atoms with van der Waals surface area (Å²) in [6, 6.07) is 0. The van der Waals surface area contributed by atoms with Gasteiger partial charge < -0.3 is 0 Å². The van der Waals surface area contributed by atoms with Crippen molar-refractivity contribution in [3.63, 3.8) is 0 Å². The van der Waals surface area contributed by atoms with Crippen molar-refractivity contribution < 1.29 is 0 Å². The van der Waals surface area contributed by atoms with E-state index < -0.39 is 104 Å². The summed E-state index contributed by atoms with van der Waals surface area (Å²) in [6.45, 7) is 0. The van der Waals surface area contributed by atoms with Gasteiger partial charge in [0, 0.05) is 0 Å². The van der Waals surface area contributed by atoms with Crippen molar-refractivity contribution in [3.8, 4) is 0 Å². The molecule has 0 aromatic carbocycles. The molecule has 0 saturated carbocycles. The van der Waals surface area contributed by atoms with Gasteiger partial charge in [0.15, 0.2) is 0 Å². The standard InChI is InChI=1S/B34H3/c1-19(2)28(20(3)4)32(27(17)18)34(31(25(13)14)26(15)16)33(29(21(5)6)22(7)8)30(23(9)10)24(11)12/h1H3/q-1. The maximum Gasteiger partial charge on any atom is -0.0000000000000851 e. The summed E-state index contributed by atoms with van der Waals surface area (Å²) in [6.07, 6.45) is -14.4. The molecule has 0 aliphatic rings. The molecule has 0 aromatic heterocycles. The van der Waals surface area contributed by atoms with E-state index in [1.54, 1.807) is 0 Å². The summed E-state index contributed by atoms with van der Waals surface area (Å²) in [4.78, 5) is 0. The van der Waals surface area contributed by atoms with Crippen molar-refractivity contribution in [3.05, 3.63) is 0 Å². The Bertz CT molecular complexity index is 466. The fourth-order valence-electron chi connectivity index (χ4n) is 5.13. The van der Waals surface area contributed by atoms with Crippen LogP contribution in [0.25, 0.3) is 0 Å². The smallest absolute Gasteiger partial charge is 0.0000000000000851 e. The minimum Gasteiger partial charge on any atom is -0.128 e. The first-order valence-corrected chi connectivity index (χ1v) is 10.7. The zero-order valence-electron chi connectivity index (χ0n) is 19.1. The van der Waals surface area contributed by atoms with Crippen molar-refractivity contribution in [2.45, 2.75) is 0 Å². The molecule has 34 radical (unpaired) electrons. The molecule has 0 aromatic rings. The van der Waals surface area contributed by atoms with Gasteiger partial charge >= 0.3 is 0 Å². The van der Waals surface area contributed by atoms with E-state index in [1.165, 1.54) is 0 Å². The first-order valence-electron chi connectivity index (χ1n) is 10.7. The van der Waals surface area contributed by atoms with Crippen LogP contribution in [0, 0.1) is 0 Å². The van der Waals surface area contributed by atoms with E-state index in [9.17, 15) is 0 Å². The van der Waals surface area contributed by atoms with Crippen molar-refractivity contribution in [1.82, 2.24) is 0 Å². The van der Waals surface area contributed by atoms with Crippen LogP contribution >= 0.6 is 0 Å². The minimum absolute atomic E-state index is 0.348. The van der Waals surface area contributed by atoms with Gasteiger partial charge in [-0.3, -0.25) is 0 Å². The molecule has 0 heterocycles. The topological polar surface area (TPSA) is 0 Å². The molecule has 0 atom stereocenters. The maximum absolute atomic E-state index is 6.38. The number of hydrogen-bond donors (Lipinski definition) is 0. The third kappa shape index (κ3) is 9.75. The summed E-state index contributed by atoms with van der Waals surface area (Å²) in [5.41, 5.74) is 0. The average Bonchev–Trinajstić information content (AvgIpc) is 2.60. The van der Waals surface area contributed by atoms with Crippen LogP contribution < -0.4 is 0 Å². The highest BCUT2D eigenvalue weighted by Gasteiger charge is 2.53. The van der Waals surface area contributed by atoms with E-state index in [1.807, 2.05) is 0 Å². The van der Waals surface area contributed by atoms with Crippen LogP contribution in [-0.4, -0.2) is 241 Å². The molecule has 34 heavy (non-hydrogen) atoms. The Morgan fingerprint density at radius 1 is 0.235 bits per heavy atom. The molecule has 0 rings (SSSR count). The van der Waals surface area contributed by atoms with E-state index in [0.717, 1.165) is 0 Å². The second-order valence-corrected chi connectivity index (χ2v) is 8.85. The lowest BCUT2D eigenvalue weighted by Gasteiger charge is -2.52. The molecule has 34 heteroatoms. The van der Waals surface area contributed by atoms with Crippen LogP contribution in [-0.2, 0) is 0 Å². The predicted molar refractivity (Wildman–Crippen MR) is 200 cm³/mol. The fourth-order valence-corrected chi connectivity index (χ4v) is 5.13. The van der Waals surface area contributed by atoms with E-state index in [-0.39, 0.29) is 6.39 Å². The summed E-state index contributed by atoms with van der Waals surface area (Å²) in [5.74, 6) is 0. The lowest BCUT2D eigenvalue weighted by atomic mass is 8.29. The lowest BCUT2D eigenvalue weighted by molar-refractivity contribution is 3.24. The third-order valence-corrected chi connectivity index (χ3v) is 6.44. The zero-order chi connectivity index (χ0) is 27.2. The predicted octanol–water partition coefficient (Wildman–Crippen LogP) is -13.8. The normalized spacial score (nSPS) is 9.56. The van der Waals surface area contributed by atoms with E-state index in [2.05, 4.69) is 0 Å². The average molecular weight is 371 g/mol. The van der Waals surface area contributed by atoms with Crippen molar-refractivity contribution in [2.75, 3.05) is 0 Å². The molecule has 0 spiro atoms. The van der Waals surface area contributed by atoms with Crippen LogP contribution in [0.15, 0.2) is 0 Å². The van der Waals surface area contributed by atoms with Crippen LogP contribution in [0.3, 0.4) is 0 Å². The van der Waals surface area contributed by atoms with Crippen LogP contribution in [0.2, 0.25) is 0 Å².